The second-order valence-electron chi connectivity index (χ2n) is 1.15. The van der Waals surface area contributed by atoms with Gasteiger partial charge in [0.25, 0.3) is 0 Å². The summed E-state index contributed by atoms with van der Waals surface area (Å²) in [4.78, 5) is 11.1. The van der Waals surface area contributed by atoms with Crippen LogP contribution >= 0.6 is 11.6 Å². The average Bonchev–Trinajstić information content (AvgIpc) is 1.36. The molecule has 2 nitrogen and oxygen atoms in total. The molecule has 0 aliphatic heterocycles. The van der Waals surface area contributed by atoms with Gasteiger partial charge in [0.1, 0.15) is 0 Å². The zero-order chi connectivity index (χ0) is 5.15. The maximum absolute atomic E-state index is 9.83. The standard InChI is InChI=1S/C3H6ClNO.CH4/c1-5(2)3(4)6;/h1-2H3;1H4. The number of hydrogen-bond acceptors (Lipinski definition) is 1. The fraction of sp³-hybridized carbons (Fsp3) is 0.750. The second kappa shape index (κ2) is 3.93. The highest BCUT2D eigenvalue weighted by Gasteiger charge is 1.91. The number of hydrogen-bond donors (Lipinski definition) is 0. The third-order valence-electron chi connectivity index (χ3n) is 0.352. The molecule has 0 spiro atoms. The van der Waals surface area contributed by atoms with E-state index >= 15 is 0 Å². The Labute approximate surface area is 49.1 Å². The molecule has 44 valence electrons. The van der Waals surface area contributed by atoms with E-state index in [1.807, 2.05) is 0 Å². The van der Waals surface area contributed by atoms with Crippen LogP contribution in [0.15, 0.2) is 0 Å². The first-order valence-corrected chi connectivity index (χ1v) is 1.89. The van der Waals surface area contributed by atoms with Crippen LogP contribution in [0.3, 0.4) is 0 Å². The van der Waals surface area contributed by atoms with E-state index < -0.39 is 5.37 Å². The molecule has 7 heavy (non-hydrogen) atoms. The van der Waals surface area contributed by atoms with Crippen LogP contribution in [0.2, 0.25) is 0 Å². The maximum Gasteiger partial charge on any atom is 0.315 e. The minimum atomic E-state index is -0.435. The Morgan fingerprint density at radius 1 is 1.57 bits per heavy atom. The number of carbonyl (C=O) groups is 1. The lowest BCUT2D eigenvalue weighted by molar-refractivity contribution is 0.240. The molecule has 0 aliphatic carbocycles. The molecule has 0 radical (unpaired) electrons. The summed E-state index contributed by atoms with van der Waals surface area (Å²) in [5.41, 5.74) is 0. The molecule has 0 unspecified atom stereocenters. The van der Waals surface area contributed by atoms with Crippen molar-refractivity contribution in [1.82, 2.24) is 4.90 Å². The van der Waals surface area contributed by atoms with E-state index in [0.29, 0.717) is 0 Å². The van der Waals surface area contributed by atoms with Crippen molar-refractivity contribution in [1.29, 1.82) is 0 Å². The van der Waals surface area contributed by atoms with E-state index in [2.05, 4.69) is 0 Å². The third kappa shape index (κ3) is 5.76. The number of rotatable bonds is 0. The zero-order valence-corrected chi connectivity index (χ0v) is 4.49. The number of nitrogens with zero attached hydrogens (tertiary/aromatic N) is 1. The lowest BCUT2D eigenvalue weighted by Gasteiger charge is -1.99. The first-order valence-electron chi connectivity index (χ1n) is 1.51. The van der Waals surface area contributed by atoms with Gasteiger partial charge < -0.3 is 4.90 Å². The van der Waals surface area contributed by atoms with Gasteiger partial charge in [-0.2, -0.15) is 0 Å². The molecule has 1 amide bonds. The molecule has 0 aromatic carbocycles. The second-order valence-corrected chi connectivity index (χ2v) is 1.47. The molecule has 0 saturated carbocycles. The number of halogens is 1. The number of amides is 1. The van der Waals surface area contributed by atoms with Gasteiger partial charge in [-0.05, 0) is 11.6 Å². The van der Waals surface area contributed by atoms with Gasteiger partial charge in [-0.15, -0.1) is 0 Å². The Bertz CT molecular complexity index is 62.7. The van der Waals surface area contributed by atoms with Crippen molar-refractivity contribution in [2.24, 2.45) is 0 Å². The highest BCUT2D eigenvalue weighted by Crippen LogP contribution is 1.83. The molecular formula is C4H10ClNO. The lowest BCUT2D eigenvalue weighted by Crippen LogP contribution is -2.13. The Balaban J connectivity index is 0. The van der Waals surface area contributed by atoms with Crippen molar-refractivity contribution >= 4 is 17.0 Å². The molecule has 0 saturated heterocycles. The van der Waals surface area contributed by atoms with Crippen molar-refractivity contribution in [3.05, 3.63) is 0 Å². The summed E-state index contributed by atoms with van der Waals surface area (Å²) in [6.45, 7) is 0. The molecule has 0 aromatic heterocycles. The van der Waals surface area contributed by atoms with Gasteiger partial charge in [-0.1, -0.05) is 7.43 Å². The monoisotopic (exact) mass is 123 g/mol. The van der Waals surface area contributed by atoms with E-state index in [1.165, 1.54) is 4.90 Å². The molecule has 3 heteroatoms. The van der Waals surface area contributed by atoms with Crippen molar-refractivity contribution in [2.45, 2.75) is 7.43 Å². The summed E-state index contributed by atoms with van der Waals surface area (Å²) in [5.74, 6) is 0. The summed E-state index contributed by atoms with van der Waals surface area (Å²) in [5, 5.41) is -0.435. The van der Waals surface area contributed by atoms with Crippen molar-refractivity contribution < 1.29 is 4.79 Å². The summed E-state index contributed by atoms with van der Waals surface area (Å²) in [7, 11) is 3.19. The van der Waals surface area contributed by atoms with Crippen molar-refractivity contribution in [3.8, 4) is 0 Å². The average molecular weight is 124 g/mol. The van der Waals surface area contributed by atoms with Crippen molar-refractivity contribution in [2.75, 3.05) is 14.1 Å². The molecular weight excluding hydrogens is 114 g/mol. The third-order valence-corrected chi connectivity index (χ3v) is 0.690. The van der Waals surface area contributed by atoms with Gasteiger partial charge in [0.15, 0.2) is 0 Å². The summed E-state index contributed by atoms with van der Waals surface area (Å²) >= 11 is 4.90. The highest BCUT2D eigenvalue weighted by molar-refractivity contribution is 6.62. The Morgan fingerprint density at radius 3 is 1.71 bits per heavy atom. The quantitative estimate of drug-likeness (QED) is 0.354. The SMILES string of the molecule is C.CN(C)C(=O)Cl. The van der Waals surface area contributed by atoms with Gasteiger partial charge in [-0.3, -0.25) is 4.79 Å². The summed E-state index contributed by atoms with van der Waals surface area (Å²) in [6.07, 6.45) is 0. The molecule has 0 aliphatic rings. The van der Waals surface area contributed by atoms with Crippen LogP contribution in [0.4, 0.5) is 4.79 Å². The van der Waals surface area contributed by atoms with Crippen molar-refractivity contribution in [3.63, 3.8) is 0 Å². The van der Waals surface area contributed by atoms with Crippen LogP contribution in [0.5, 0.6) is 0 Å². The first kappa shape index (κ1) is 9.90. The normalized spacial score (nSPS) is 6.71. The van der Waals surface area contributed by atoms with E-state index in [1.54, 1.807) is 14.1 Å². The van der Waals surface area contributed by atoms with Gasteiger partial charge in [0.05, 0.1) is 0 Å². The predicted octanol–water partition coefficient (Wildman–Crippen LogP) is 1.54. The fourth-order valence-corrected chi connectivity index (χ4v) is 0. The smallest absolute Gasteiger partial charge is 0.315 e. The van der Waals surface area contributed by atoms with E-state index in [9.17, 15) is 4.79 Å². The Kier molecular flexibility index (Phi) is 5.56. The zero-order valence-electron chi connectivity index (χ0n) is 3.73. The number of carbonyl (C=O) groups excluding carboxylic acids is 1. The minimum Gasteiger partial charge on any atom is -0.335 e. The molecule has 0 heterocycles. The lowest BCUT2D eigenvalue weighted by atomic mass is 11.0. The Hall–Kier alpha value is -0.240. The topological polar surface area (TPSA) is 20.3 Å². The largest absolute Gasteiger partial charge is 0.335 e. The van der Waals surface area contributed by atoms with Crippen LogP contribution in [0, 0.1) is 0 Å². The molecule has 0 fully saturated rings. The van der Waals surface area contributed by atoms with E-state index in [4.69, 9.17) is 11.6 Å². The summed E-state index contributed by atoms with van der Waals surface area (Å²) in [6, 6.07) is 0. The van der Waals surface area contributed by atoms with Crippen LogP contribution < -0.4 is 0 Å². The minimum absolute atomic E-state index is 0. The van der Waals surface area contributed by atoms with Gasteiger partial charge in [-0.25, -0.2) is 0 Å². The van der Waals surface area contributed by atoms with E-state index in [-0.39, 0.29) is 7.43 Å². The fourth-order valence-electron chi connectivity index (χ4n) is 0. The van der Waals surface area contributed by atoms with E-state index in [0.717, 1.165) is 0 Å². The molecule has 0 N–H and O–H groups in total. The molecule has 0 atom stereocenters. The highest BCUT2D eigenvalue weighted by atomic mass is 35.5. The predicted molar refractivity (Wildman–Crippen MR) is 31.7 cm³/mol. The molecule has 0 bridgehead atoms. The van der Waals surface area contributed by atoms with Gasteiger partial charge in [0.2, 0.25) is 0 Å². The molecule has 0 aromatic rings. The van der Waals surface area contributed by atoms with Crippen LogP contribution in [0.1, 0.15) is 7.43 Å². The van der Waals surface area contributed by atoms with Gasteiger partial charge in [0, 0.05) is 14.1 Å². The van der Waals surface area contributed by atoms with Gasteiger partial charge >= 0.3 is 5.37 Å². The summed E-state index contributed by atoms with van der Waals surface area (Å²) < 4.78 is 0. The maximum atomic E-state index is 9.83. The van der Waals surface area contributed by atoms with Crippen LogP contribution in [0.25, 0.3) is 0 Å². The first-order chi connectivity index (χ1) is 2.64. The van der Waals surface area contributed by atoms with Crippen LogP contribution in [-0.2, 0) is 0 Å². The molecule has 0 rings (SSSR count). The Morgan fingerprint density at radius 2 is 1.71 bits per heavy atom. The van der Waals surface area contributed by atoms with Crippen LogP contribution in [-0.4, -0.2) is 24.4 Å².